The number of aliphatic hydroxyl groups is 1. The van der Waals surface area contributed by atoms with Gasteiger partial charge in [-0.1, -0.05) is 18.2 Å². The smallest absolute Gasteiger partial charge is 0.331 e. The molecule has 0 aliphatic carbocycles. The first-order chi connectivity index (χ1) is 24.1. The van der Waals surface area contributed by atoms with Gasteiger partial charge in [-0.3, -0.25) is 28.7 Å². The molecule has 5 amide bonds. The van der Waals surface area contributed by atoms with E-state index in [1.807, 2.05) is 18.2 Å². The van der Waals surface area contributed by atoms with E-state index in [9.17, 15) is 43.8 Å². The van der Waals surface area contributed by atoms with E-state index in [0.717, 1.165) is 33.9 Å². The number of rotatable bonds is 13. The molecule has 1 aliphatic rings. The number of hydrogen-bond acceptors (Lipinski definition) is 10. The minimum absolute atomic E-state index is 0.0500. The largest absolute Gasteiger partial charge is 0.480 e. The number of nitrogens with zero attached hydrogens (tertiary/aromatic N) is 2. The molecule has 3 aromatic rings. The van der Waals surface area contributed by atoms with Gasteiger partial charge in [-0.25, -0.2) is 14.4 Å². The molecule has 0 bridgehead atoms. The Labute approximate surface area is 290 Å². The summed E-state index contributed by atoms with van der Waals surface area (Å²) in [6, 6.07) is 1.41. The molecule has 10 N–H and O–H groups in total. The summed E-state index contributed by atoms with van der Waals surface area (Å²) in [6.45, 7) is 4.25. The average molecular weight is 712 g/mol. The minimum atomic E-state index is -1.42. The van der Waals surface area contributed by atoms with Crippen LogP contribution in [0.2, 0.25) is 0 Å². The number of aromatic nitrogens is 3. The monoisotopic (exact) mass is 711 g/mol. The number of hydrogen-bond donors (Lipinski definition) is 9. The van der Waals surface area contributed by atoms with Crippen molar-refractivity contribution in [2.24, 2.45) is 5.73 Å². The van der Waals surface area contributed by atoms with E-state index in [1.165, 1.54) is 32.7 Å². The van der Waals surface area contributed by atoms with Crippen molar-refractivity contribution in [1.29, 1.82) is 0 Å². The summed E-state index contributed by atoms with van der Waals surface area (Å²) in [4.78, 5) is 94.2. The van der Waals surface area contributed by atoms with Gasteiger partial charge in [-0.05, 0) is 32.4 Å². The zero-order valence-corrected chi connectivity index (χ0v) is 28.2. The first kappa shape index (κ1) is 37.9. The van der Waals surface area contributed by atoms with Crippen molar-refractivity contribution in [3.05, 3.63) is 81.1 Å². The number of amides is 5. The highest BCUT2D eigenvalue weighted by atomic mass is 16.5. The molecule has 0 saturated carbocycles. The molecule has 0 radical (unpaired) electrons. The van der Waals surface area contributed by atoms with Gasteiger partial charge in [-0.2, -0.15) is 0 Å². The van der Waals surface area contributed by atoms with Crippen molar-refractivity contribution in [3.8, 4) is 0 Å². The molecule has 1 aliphatic heterocycles. The lowest BCUT2D eigenvalue weighted by Crippen LogP contribution is -2.61. The van der Waals surface area contributed by atoms with Crippen LogP contribution in [0, 0.1) is 0 Å². The van der Waals surface area contributed by atoms with Gasteiger partial charge in [0.25, 0.3) is 5.56 Å². The average Bonchev–Trinajstić information content (AvgIpc) is 3.66. The lowest BCUT2D eigenvalue weighted by Gasteiger charge is -2.33. The van der Waals surface area contributed by atoms with Gasteiger partial charge < -0.3 is 51.8 Å². The van der Waals surface area contributed by atoms with E-state index in [1.54, 1.807) is 12.3 Å². The van der Waals surface area contributed by atoms with Crippen LogP contribution in [0.1, 0.15) is 39.0 Å². The van der Waals surface area contributed by atoms with Crippen LogP contribution < -0.4 is 38.2 Å². The van der Waals surface area contributed by atoms with Gasteiger partial charge in [0.1, 0.15) is 30.0 Å². The Kier molecular flexibility index (Phi) is 12.0. The third-order valence-electron chi connectivity index (χ3n) is 8.37. The van der Waals surface area contributed by atoms with Gasteiger partial charge >= 0.3 is 17.7 Å². The second-order valence-corrected chi connectivity index (χ2v) is 12.2. The van der Waals surface area contributed by atoms with Crippen LogP contribution in [0.5, 0.6) is 0 Å². The number of carbonyl (C=O) groups excluding carboxylic acids is 4. The van der Waals surface area contributed by atoms with Crippen LogP contribution >= 0.6 is 0 Å². The van der Waals surface area contributed by atoms with E-state index in [-0.39, 0.29) is 18.6 Å². The van der Waals surface area contributed by atoms with Crippen LogP contribution in [0.15, 0.2) is 64.3 Å². The van der Waals surface area contributed by atoms with Gasteiger partial charge in [0, 0.05) is 55.5 Å². The fourth-order valence-electron chi connectivity index (χ4n) is 5.40. The summed E-state index contributed by atoms with van der Waals surface area (Å²) < 4.78 is 6.60. The third kappa shape index (κ3) is 9.19. The van der Waals surface area contributed by atoms with Crippen molar-refractivity contribution in [1.82, 2.24) is 40.7 Å². The molecule has 51 heavy (non-hydrogen) atoms. The van der Waals surface area contributed by atoms with Gasteiger partial charge in [-0.15, -0.1) is 0 Å². The van der Waals surface area contributed by atoms with Crippen LogP contribution in [0.4, 0.5) is 4.79 Å². The molecule has 19 heteroatoms. The zero-order valence-electron chi connectivity index (χ0n) is 28.2. The van der Waals surface area contributed by atoms with Crippen molar-refractivity contribution in [2.45, 2.75) is 76.2 Å². The third-order valence-corrected chi connectivity index (χ3v) is 8.37. The molecular formula is C32H41N9O10. The van der Waals surface area contributed by atoms with Crippen molar-refractivity contribution in [3.63, 3.8) is 0 Å². The van der Waals surface area contributed by atoms with Crippen LogP contribution in [-0.4, -0.2) is 103 Å². The number of benzene rings is 1. The Morgan fingerprint density at radius 2 is 1.78 bits per heavy atom. The number of carboxylic acid groups (broad SMARTS) is 1. The number of aliphatic hydroxyl groups excluding tert-OH is 1. The highest BCUT2D eigenvalue weighted by molar-refractivity contribution is 5.93. The second-order valence-electron chi connectivity index (χ2n) is 12.2. The number of fused-ring (bicyclic) bond motifs is 1. The summed E-state index contributed by atoms with van der Waals surface area (Å²) >= 11 is 0. The lowest BCUT2D eigenvalue weighted by molar-refractivity contribution is -0.139. The highest BCUT2D eigenvalue weighted by Crippen LogP contribution is 2.29. The number of aromatic amines is 2. The predicted octanol–water partition coefficient (Wildman–Crippen LogP) is -1.68. The van der Waals surface area contributed by atoms with E-state index >= 15 is 0 Å². The lowest BCUT2D eigenvalue weighted by atomic mass is 10.1. The number of aliphatic carboxylic acids is 1. The second kappa shape index (κ2) is 16.2. The molecule has 1 fully saturated rings. The maximum Gasteiger partial charge on any atom is 0.331 e. The quantitative estimate of drug-likeness (QED) is 0.0965. The van der Waals surface area contributed by atoms with E-state index in [0.29, 0.717) is 5.56 Å². The number of H-pyrrole nitrogens is 2. The Bertz CT molecular complexity index is 1930. The van der Waals surface area contributed by atoms with Crippen LogP contribution in [0.3, 0.4) is 0 Å². The summed E-state index contributed by atoms with van der Waals surface area (Å²) in [5.41, 5.74) is 5.74. The number of ether oxygens (including phenoxy) is 1. The normalized spacial score (nSPS) is 19.2. The van der Waals surface area contributed by atoms with E-state index in [4.69, 9.17) is 10.5 Å². The summed E-state index contributed by atoms with van der Waals surface area (Å²) in [6.07, 6.45) is 1.32. The molecule has 7 atom stereocenters. The van der Waals surface area contributed by atoms with E-state index < -0.39 is 83.5 Å². The first-order valence-electron chi connectivity index (χ1n) is 15.9. The highest BCUT2D eigenvalue weighted by Gasteiger charge is 2.36. The fourth-order valence-corrected chi connectivity index (χ4v) is 5.40. The van der Waals surface area contributed by atoms with Crippen molar-refractivity contribution >= 4 is 40.6 Å². The SMILES string of the molecule is CC(N)C(=O)N(C)C(C)C(NC(=O)C(C)NC(=O)NC(Cc1c[nH]c2ccccc12)C(=O)O)C(=O)N/C=C1/CC(O)C(n2ccc(=O)[nH]c2=O)O1. The first-order valence-corrected chi connectivity index (χ1v) is 15.9. The van der Waals surface area contributed by atoms with Gasteiger partial charge in [0.2, 0.25) is 23.9 Å². The van der Waals surface area contributed by atoms with Gasteiger partial charge in [0.15, 0.2) is 0 Å². The minimum Gasteiger partial charge on any atom is -0.480 e. The van der Waals surface area contributed by atoms with Crippen LogP contribution in [0.25, 0.3) is 10.9 Å². The van der Waals surface area contributed by atoms with Crippen molar-refractivity contribution < 1.29 is 38.9 Å². The molecule has 0 spiro atoms. The molecule has 7 unspecified atom stereocenters. The Balaban J connectivity index is 1.44. The molecule has 19 nitrogen and oxygen atoms in total. The number of nitrogens with two attached hydrogens (primary N) is 1. The molecule has 4 rings (SSSR count). The number of carboxylic acids is 1. The summed E-state index contributed by atoms with van der Waals surface area (Å²) in [5.74, 6) is -3.45. The van der Waals surface area contributed by atoms with E-state index in [2.05, 4.69) is 31.2 Å². The topological polar surface area (TPSA) is 283 Å². The number of nitrogens with one attached hydrogen (secondary N) is 6. The predicted molar refractivity (Wildman–Crippen MR) is 181 cm³/mol. The maximum atomic E-state index is 13.5. The maximum absolute atomic E-state index is 13.5. The molecule has 274 valence electrons. The molecule has 2 aromatic heterocycles. The Hall–Kier alpha value is -5.95. The molecule has 1 saturated heterocycles. The van der Waals surface area contributed by atoms with Crippen molar-refractivity contribution in [2.75, 3.05) is 7.05 Å². The number of urea groups is 1. The number of likely N-dealkylation sites (N-methyl/N-ethyl adjacent to an activating group) is 1. The van der Waals surface area contributed by atoms with Gasteiger partial charge in [0.05, 0.1) is 12.1 Å². The standard InChI is InChI=1S/C32H41N9O10/c1-15(33)28(46)40(4)17(3)25(27(45)35-14-19-12-23(42)29(51-19)41-10-9-24(43)38-32(41)50)39-26(44)16(2)36-31(49)37-22(30(47)48)11-18-13-34-21-8-6-5-7-20(18)21/h5-10,13-17,22-23,25,29,34,42H,11-12,33H2,1-4H3,(H,35,45)(H,39,44)(H,47,48)(H2,36,37,49)(H,38,43,50)/b19-14-. The molecular weight excluding hydrogens is 670 g/mol. The van der Waals surface area contributed by atoms with Crippen LogP contribution in [-0.2, 0) is 30.3 Å². The molecule has 1 aromatic carbocycles. The number of carbonyl (C=O) groups is 5. The Morgan fingerprint density at radius 3 is 2.45 bits per heavy atom. The fraction of sp³-hybridized carbons (Fsp3) is 0.406. The number of para-hydroxylation sites is 1. The zero-order chi connectivity index (χ0) is 37.6. The Morgan fingerprint density at radius 1 is 1.08 bits per heavy atom. The molecule has 3 heterocycles. The summed E-state index contributed by atoms with van der Waals surface area (Å²) in [5, 5.41) is 30.8. The summed E-state index contributed by atoms with van der Waals surface area (Å²) in [7, 11) is 1.39.